The molecule has 1 aliphatic heterocycles. The van der Waals surface area contributed by atoms with Crippen molar-refractivity contribution in [1.82, 2.24) is 25.7 Å². The zero-order chi connectivity index (χ0) is 13.3. The molecular formula is C12H15N5O2. The fraction of sp³-hybridized carbons (Fsp3) is 0.500. The second-order valence-electron chi connectivity index (χ2n) is 4.87. The average Bonchev–Trinajstić information content (AvgIpc) is 3.08. The highest BCUT2D eigenvalue weighted by atomic mass is 16.5. The zero-order valence-corrected chi connectivity index (χ0v) is 10.9. The van der Waals surface area contributed by atoms with Crippen LogP contribution in [-0.2, 0) is 5.41 Å². The van der Waals surface area contributed by atoms with Gasteiger partial charge in [-0.3, -0.25) is 0 Å². The Morgan fingerprint density at radius 3 is 2.89 bits per heavy atom. The van der Waals surface area contributed by atoms with Gasteiger partial charge in [0, 0.05) is 12.6 Å². The fourth-order valence-electron chi connectivity index (χ4n) is 2.12. The minimum absolute atomic E-state index is 0.0921. The molecular weight excluding hydrogens is 246 g/mol. The number of nitrogens with one attached hydrogen (secondary N) is 1. The van der Waals surface area contributed by atoms with Gasteiger partial charge in [0.15, 0.2) is 0 Å². The lowest BCUT2D eigenvalue weighted by Crippen LogP contribution is -2.25. The number of hydrogen-bond acceptors (Lipinski definition) is 7. The van der Waals surface area contributed by atoms with Crippen molar-refractivity contribution in [3.05, 3.63) is 18.0 Å². The monoisotopic (exact) mass is 261 g/mol. The van der Waals surface area contributed by atoms with E-state index in [0.717, 1.165) is 19.5 Å². The summed E-state index contributed by atoms with van der Waals surface area (Å²) in [5, 5.41) is 15.2. The van der Waals surface area contributed by atoms with E-state index in [1.807, 2.05) is 0 Å². The zero-order valence-electron chi connectivity index (χ0n) is 10.9. The molecule has 1 atom stereocenters. The summed E-state index contributed by atoms with van der Waals surface area (Å²) in [6, 6.07) is 3.48. The van der Waals surface area contributed by atoms with Crippen molar-refractivity contribution < 1.29 is 9.26 Å². The van der Waals surface area contributed by atoms with Gasteiger partial charge in [-0.25, -0.2) is 0 Å². The Bertz CT molecular complexity index is 560. The third-order valence-corrected chi connectivity index (χ3v) is 3.39. The van der Waals surface area contributed by atoms with Crippen molar-refractivity contribution >= 4 is 0 Å². The van der Waals surface area contributed by atoms with Gasteiger partial charge in [0.25, 0.3) is 0 Å². The van der Waals surface area contributed by atoms with Crippen molar-refractivity contribution in [2.24, 2.45) is 0 Å². The van der Waals surface area contributed by atoms with Gasteiger partial charge in [0.1, 0.15) is 5.69 Å². The largest absolute Gasteiger partial charge is 0.480 e. The second kappa shape index (κ2) is 4.58. The van der Waals surface area contributed by atoms with Crippen LogP contribution in [0.2, 0.25) is 0 Å². The van der Waals surface area contributed by atoms with Crippen molar-refractivity contribution in [2.45, 2.75) is 18.8 Å². The third-order valence-electron chi connectivity index (χ3n) is 3.39. The van der Waals surface area contributed by atoms with E-state index < -0.39 is 0 Å². The number of aromatic nitrogens is 4. The van der Waals surface area contributed by atoms with Gasteiger partial charge in [-0.2, -0.15) is 4.98 Å². The van der Waals surface area contributed by atoms with Crippen LogP contribution in [0.1, 0.15) is 19.2 Å². The number of ether oxygens (including phenoxy) is 1. The van der Waals surface area contributed by atoms with E-state index in [1.165, 1.54) is 0 Å². The van der Waals surface area contributed by atoms with E-state index in [9.17, 15) is 0 Å². The summed E-state index contributed by atoms with van der Waals surface area (Å²) in [5.74, 6) is 1.56. The summed E-state index contributed by atoms with van der Waals surface area (Å²) in [7, 11) is 1.55. The lowest BCUT2D eigenvalue weighted by molar-refractivity contribution is 0.306. The molecule has 0 amide bonds. The summed E-state index contributed by atoms with van der Waals surface area (Å²) in [4.78, 5) is 4.43. The minimum Gasteiger partial charge on any atom is -0.480 e. The molecule has 0 radical (unpaired) electrons. The topological polar surface area (TPSA) is 86.0 Å². The standard InChI is InChI=1S/C12H15N5O2/c1-12(5-6-13-7-12)11-14-10(17-19-11)8-3-4-9(18-2)16-15-8/h3-4,13H,5-7H2,1-2H3. The molecule has 0 spiro atoms. The molecule has 0 bridgehead atoms. The van der Waals surface area contributed by atoms with E-state index in [4.69, 9.17) is 9.26 Å². The summed E-state index contributed by atoms with van der Waals surface area (Å²) in [6.07, 6.45) is 0.989. The Morgan fingerprint density at radius 2 is 2.26 bits per heavy atom. The van der Waals surface area contributed by atoms with Crippen LogP contribution in [0.25, 0.3) is 11.5 Å². The van der Waals surface area contributed by atoms with Crippen molar-refractivity contribution in [1.29, 1.82) is 0 Å². The molecule has 1 N–H and O–H groups in total. The van der Waals surface area contributed by atoms with E-state index in [2.05, 4.69) is 32.6 Å². The Balaban J connectivity index is 1.87. The molecule has 1 saturated heterocycles. The van der Waals surface area contributed by atoms with Crippen LogP contribution < -0.4 is 10.1 Å². The molecule has 19 heavy (non-hydrogen) atoms. The van der Waals surface area contributed by atoms with Gasteiger partial charge in [-0.1, -0.05) is 5.16 Å². The predicted octanol–water partition coefficient (Wildman–Crippen LogP) is 0.786. The lowest BCUT2D eigenvalue weighted by atomic mass is 9.90. The first-order valence-electron chi connectivity index (χ1n) is 6.14. The van der Waals surface area contributed by atoms with Crippen LogP contribution in [0.15, 0.2) is 16.7 Å². The highest BCUT2D eigenvalue weighted by Gasteiger charge is 2.36. The third kappa shape index (κ3) is 2.17. The molecule has 2 aromatic heterocycles. The van der Waals surface area contributed by atoms with Crippen LogP contribution in [0.5, 0.6) is 5.88 Å². The number of hydrogen-bond donors (Lipinski definition) is 1. The molecule has 7 heteroatoms. The summed E-state index contributed by atoms with van der Waals surface area (Å²) >= 11 is 0. The van der Waals surface area contributed by atoms with E-state index in [1.54, 1.807) is 19.2 Å². The maximum atomic E-state index is 5.36. The van der Waals surface area contributed by atoms with Crippen LogP contribution in [0.4, 0.5) is 0 Å². The van der Waals surface area contributed by atoms with Gasteiger partial charge in [0.05, 0.1) is 12.5 Å². The molecule has 0 aromatic carbocycles. The van der Waals surface area contributed by atoms with Crippen molar-refractivity contribution in [3.8, 4) is 17.4 Å². The van der Waals surface area contributed by atoms with Gasteiger partial charge < -0.3 is 14.6 Å². The Kier molecular flexibility index (Phi) is 2.90. The fourth-order valence-corrected chi connectivity index (χ4v) is 2.12. The Morgan fingerprint density at radius 1 is 1.37 bits per heavy atom. The molecule has 0 aliphatic carbocycles. The summed E-state index contributed by atoms with van der Waals surface area (Å²) in [6.45, 7) is 3.93. The average molecular weight is 261 g/mol. The van der Waals surface area contributed by atoms with Crippen molar-refractivity contribution in [3.63, 3.8) is 0 Å². The molecule has 1 unspecified atom stereocenters. The molecule has 1 fully saturated rings. The Hall–Kier alpha value is -2.02. The van der Waals surface area contributed by atoms with Gasteiger partial charge in [0.2, 0.25) is 17.6 Å². The normalized spacial score (nSPS) is 22.6. The first-order chi connectivity index (χ1) is 9.21. The van der Waals surface area contributed by atoms with Crippen LogP contribution in [0, 0.1) is 0 Å². The Labute approximate surface area is 110 Å². The molecule has 2 aromatic rings. The minimum atomic E-state index is -0.0921. The van der Waals surface area contributed by atoms with Gasteiger partial charge in [-0.05, 0) is 26.0 Å². The van der Waals surface area contributed by atoms with E-state index in [0.29, 0.717) is 23.3 Å². The van der Waals surface area contributed by atoms with Crippen molar-refractivity contribution in [2.75, 3.05) is 20.2 Å². The van der Waals surface area contributed by atoms with Crippen LogP contribution >= 0.6 is 0 Å². The molecule has 0 saturated carbocycles. The number of rotatable bonds is 3. The first kappa shape index (κ1) is 12.0. The first-order valence-corrected chi connectivity index (χ1v) is 6.14. The van der Waals surface area contributed by atoms with Gasteiger partial charge >= 0.3 is 0 Å². The van der Waals surface area contributed by atoms with E-state index in [-0.39, 0.29) is 5.41 Å². The van der Waals surface area contributed by atoms with Crippen LogP contribution in [-0.4, -0.2) is 40.5 Å². The number of methoxy groups -OCH3 is 1. The lowest BCUT2D eigenvalue weighted by Gasteiger charge is -2.15. The molecule has 3 heterocycles. The highest BCUT2D eigenvalue weighted by molar-refractivity contribution is 5.47. The highest BCUT2D eigenvalue weighted by Crippen LogP contribution is 2.29. The van der Waals surface area contributed by atoms with Gasteiger partial charge in [-0.15, -0.1) is 10.2 Å². The summed E-state index contributed by atoms with van der Waals surface area (Å²) in [5.41, 5.74) is 0.482. The quantitative estimate of drug-likeness (QED) is 0.873. The molecule has 7 nitrogen and oxygen atoms in total. The molecule has 100 valence electrons. The smallest absolute Gasteiger partial charge is 0.234 e. The maximum Gasteiger partial charge on any atom is 0.234 e. The SMILES string of the molecule is COc1ccc(-c2noc(C3(C)CCNC3)n2)nn1. The predicted molar refractivity (Wildman–Crippen MR) is 66.7 cm³/mol. The molecule has 1 aliphatic rings. The van der Waals surface area contributed by atoms with E-state index >= 15 is 0 Å². The summed E-state index contributed by atoms with van der Waals surface area (Å²) < 4.78 is 10.3. The second-order valence-corrected chi connectivity index (χ2v) is 4.87. The number of nitrogens with zero attached hydrogens (tertiary/aromatic N) is 4. The maximum absolute atomic E-state index is 5.36. The van der Waals surface area contributed by atoms with Crippen LogP contribution in [0.3, 0.4) is 0 Å². The molecule has 3 rings (SSSR count).